The van der Waals surface area contributed by atoms with Gasteiger partial charge in [0.1, 0.15) is 16.4 Å². The highest BCUT2D eigenvalue weighted by molar-refractivity contribution is 7.85. The first-order valence-electron chi connectivity index (χ1n) is 12.8. The number of amides is 1. The third kappa shape index (κ3) is 8.67. The van der Waals surface area contributed by atoms with Crippen molar-refractivity contribution in [3.8, 4) is 10.6 Å². The van der Waals surface area contributed by atoms with Gasteiger partial charge in [0, 0.05) is 31.8 Å². The summed E-state index contributed by atoms with van der Waals surface area (Å²) in [5.41, 5.74) is 2.05. The maximum absolute atomic E-state index is 12.3. The second-order valence-electron chi connectivity index (χ2n) is 10.5. The third-order valence-electron chi connectivity index (χ3n) is 5.87. The van der Waals surface area contributed by atoms with Gasteiger partial charge in [-0.05, 0) is 69.9 Å². The molecule has 1 unspecified atom stereocenters. The summed E-state index contributed by atoms with van der Waals surface area (Å²) in [4.78, 5) is 22.9. The summed E-state index contributed by atoms with van der Waals surface area (Å²) in [5.74, 6) is 0.473. The summed E-state index contributed by atoms with van der Waals surface area (Å²) in [5, 5.41) is 0.796. The van der Waals surface area contributed by atoms with Gasteiger partial charge in [0.15, 0.2) is 6.29 Å². The van der Waals surface area contributed by atoms with E-state index in [1.165, 1.54) is 16.2 Å². The van der Waals surface area contributed by atoms with Gasteiger partial charge in [-0.2, -0.15) is 8.42 Å². The molecule has 12 heteroatoms. The number of hydrogen-bond acceptors (Lipinski definition) is 10. The molecule has 39 heavy (non-hydrogen) atoms. The smallest absolute Gasteiger partial charge is 0.415 e. The van der Waals surface area contributed by atoms with Gasteiger partial charge in [-0.25, -0.2) is 14.8 Å². The van der Waals surface area contributed by atoms with E-state index in [0.717, 1.165) is 51.9 Å². The van der Waals surface area contributed by atoms with Gasteiger partial charge in [-0.1, -0.05) is 6.07 Å². The minimum absolute atomic E-state index is 0.0829. The summed E-state index contributed by atoms with van der Waals surface area (Å²) in [6.07, 6.45) is 4.63. The molecule has 1 amide bonds. The Hall–Kier alpha value is -2.64. The fraction of sp³-hybridized carbons (Fsp3) is 0.519. The third-order valence-corrected chi connectivity index (χ3v) is 7.50. The Bertz CT molecular complexity index is 1380. The van der Waals surface area contributed by atoms with E-state index in [0.29, 0.717) is 18.8 Å². The molecule has 0 aliphatic carbocycles. The highest BCUT2D eigenvalue weighted by atomic mass is 32.2. The number of pyridine rings is 1. The molecule has 1 fully saturated rings. The molecule has 0 bridgehead atoms. The number of carbonyl (C=O) groups is 1. The van der Waals surface area contributed by atoms with E-state index < -0.39 is 27.9 Å². The van der Waals surface area contributed by atoms with Crippen LogP contribution in [0.1, 0.15) is 45.6 Å². The van der Waals surface area contributed by atoms with Crippen LogP contribution in [0, 0.1) is 0 Å². The van der Waals surface area contributed by atoms with Gasteiger partial charge in [0.25, 0.3) is 10.1 Å². The van der Waals surface area contributed by atoms with Crippen LogP contribution in [0.4, 0.5) is 10.6 Å². The predicted octanol–water partition coefficient (Wildman–Crippen LogP) is 5.16. The quantitative estimate of drug-likeness (QED) is 0.318. The van der Waals surface area contributed by atoms with Gasteiger partial charge < -0.3 is 14.2 Å². The molecule has 3 aromatic rings. The molecule has 2 atom stereocenters. The first kappa shape index (κ1) is 29.3. The number of benzene rings is 1. The number of anilines is 1. The van der Waals surface area contributed by atoms with Crippen LogP contribution in [0.25, 0.3) is 20.8 Å². The molecule has 0 spiro atoms. The summed E-state index contributed by atoms with van der Waals surface area (Å²) >= 11 is 1.52. The largest absolute Gasteiger partial charge is 0.443 e. The van der Waals surface area contributed by atoms with Crippen LogP contribution in [-0.2, 0) is 34.9 Å². The predicted molar refractivity (Wildman–Crippen MR) is 150 cm³/mol. The lowest BCUT2D eigenvalue weighted by Crippen LogP contribution is -2.34. The molecule has 1 saturated heterocycles. The Balaban J connectivity index is 1.47. The number of aromatic nitrogens is 2. The fourth-order valence-corrected chi connectivity index (χ4v) is 5.41. The second-order valence-corrected chi connectivity index (χ2v) is 13.2. The van der Waals surface area contributed by atoms with Crippen molar-refractivity contribution in [1.82, 2.24) is 9.97 Å². The van der Waals surface area contributed by atoms with Crippen molar-refractivity contribution in [2.75, 3.05) is 31.4 Å². The number of nitrogens with zero attached hydrogens (tertiary/aromatic N) is 3. The van der Waals surface area contributed by atoms with Crippen LogP contribution in [0.2, 0.25) is 0 Å². The molecule has 1 aliphatic rings. The SMILES string of the molecule is CN(C(=O)OC(C)(C)C)c1ccc(-c2nc3ccc(C[C@@H](COS(C)(=O)=O)OC4CCCCO4)cc3s2)cn1. The summed E-state index contributed by atoms with van der Waals surface area (Å²) in [6, 6.07) is 9.56. The van der Waals surface area contributed by atoms with E-state index >= 15 is 0 Å². The van der Waals surface area contributed by atoms with Crippen LogP contribution in [0.15, 0.2) is 36.5 Å². The van der Waals surface area contributed by atoms with E-state index in [4.69, 9.17) is 23.4 Å². The lowest BCUT2D eigenvalue weighted by atomic mass is 10.1. The molecule has 1 aromatic carbocycles. The summed E-state index contributed by atoms with van der Waals surface area (Å²) in [6.45, 7) is 5.99. The van der Waals surface area contributed by atoms with Crippen LogP contribution >= 0.6 is 11.3 Å². The Morgan fingerprint density at radius 3 is 2.67 bits per heavy atom. The van der Waals surface area contributed by atoms with Crippen molar-refractivity contribution in [3.05, 3.63) is 42.1 Å². The van der Waals surface area contributed by atoms with Crippen molar-refractivity contribution >= 4 is 43.6 Å². The Kier molecular flexibility index (Phi) is 9.22. The second kappa shape index (κ2) is 12.3. The van der Waals surface area contributed by atoms with Crippen molar-refractivity contribution in [2.24, 2.45) is 0 Å². The Morgan fingerprint density at radius 2 is 2.03 bits per heavy atom. The van der Waals surface area contributed by atoms with Gasteiger partial charge in [0.2, 0.25) is 0 Å². The molecule has 3 heterocycles. The zero-order valence-corrected chi connectivity index (χ0v) is 24.5. The van der Waals surface area contributed by atoms with E-state index in [9.17, 15) is 13.2 Å². The zero-order chi connectivity index (χ0) is 28.2. The minimum Gasteiger partial charge on any atom is -0.443 e. The van der Waals surface area contributed by atoms with Crippen LogP contribution < -0.4 is 4.90 Å². The van der Waals surface area contributed by atoms with Gasteiger partial charge in [0.05, 0.1) is 29.2 Å². The first-order chi connectivity index (χ1) is 18.4. The number of thiazole rings is 1. The molecule has 212 valence electrons. The lowest BCUT2D eigenvalue weighted by molar-refractivity contribution is -0.192. The zero-order valence-electron chi connectivity index (χ0n) is 22.9. The molecular weight excluding hydrogens is 542 g/mol. The number of ether oxygens (including phenoxy) is 3. The Morgan fingerprint density at radius 1 is 1.23 bits per heavy atom. The topological polar surface area (TPSA) is 117 Å². The van der Waals surface area contributed by atoms with Gasteiger partial charge in [-0.3, -0.25) is 9.08 Å². The molecule has 0 radical (unpaired) electrons. The van der Waals surface area contributed by atoms with Crippen LogP contribution in [0.5, 0.6) is 0 Å². The number of hydrogen-bond donors (Lipinski definition) is 0. The molecule has 10 nitrogen and oxygen atoms in total. The number of rotatable bonds is 9. The summed E-state index contributed by atoms with van der Waals surface area (Å²) in [7, 11) is -1.98. The van der Waals surface area contributed by atoms with E-state index in [-0.39, 0.29) is 12.9 Å². The van der Waals surface area contributed by atoms with E-state index in [1.807, 2.05) is 45.0 Å². The standard InChI is InChI=1S/C27H35N3O7S2/c1-27(2,3)37-26(31)30(4)23-12-10-19(16-28-23)25-29-21-11-9-18(15-22(21)38-25)14-20(17-35-39(5,32)33)36-24-8-6-7-13-34-24/h9-12,15-16,20,24H,6-8,13-14,17H2,1-5H3/t20-,24?/m0/s1. The van der Waals surface area contributed by atoms with Gasteiger partial charge in [-0.15, -0.1) is 11.3 Å². The van der Waals surface area contributed by atoms with Crippen molar-refractivity contribution in [3.63, 3.8) is 0 Å². The monoisotopic (exact) mass is 577 g/mol. The average Bonchev–Trinajstić information content (AvgIpc) is 3.30. The van der Waals surface area contributed by atoms with Crippen molar-refractivity contribution in [1.29, 1.82) is 0 Å². The molecule has 2 aromatic heterocycles. The Labute approximate surface area is 233 Å². The minimum atomic E-state index is -3.60. The van der Waals surface area contributed by atoms with Gasteiger partial charge >= 0.3 is 6.09 Å². The normalized spacial score (nSPS) is 17.2. The van der Waals surface area contributed by atoms with E-state index in [2.05, 4.69) is 4.98 Å². The summed E-state index contributed by atoms with van der Waals surface area (Å²) < 4.78 is 46.4. The maximum Gasteiger partial charge on any atom is 0.415 e. The first-order valence-corrected chi connectivity index (χ1v) is 15.4. The highest BCUT2D eigenvalue weighted by Gasteiger charge is 2.23. The lowest BCUT2D eigenvalue weighted by Gasteiger charge is -2.27. The molecular formula is C27H35N3O7S2. The van der Waals surface area contributed by atoms with E-state index in [1.54, 1.807) is 19.3 Å². The van der Waals surface area contributed by atoms with Crippen molar-refractivity contribution in [2.45, 2.75) is 64.4 Å². The molecule has 0 N–H and O–H groups in total. The van der Waals surface area contributed by atoms with Crippen molar-refractivity contribution < 1.29 is 31.6 Å². The highest BCUT2D eigenvalue weighted by Crippen LogP contribution is 2.32. The number of fused-ring (bicyclic) bond motifs is 1. The fourth-order valence-electron chi connectivity index (χ4n) is 4.00. The molecule has 0 saturated carbocycles. The molecule has 4 rings (SSSR count). The van der Waals surface area contributed by atoms with Crippen LogP contribution in [0.3, 0.4) is 0 Å². The van der Waals surface area contributed by atoms with Crippen LogP contribution in [-0.4, -0.2) is 69.0 Å². The number of carbonyl (C=O) groups excluding carboxylic acids is 1. The molecule has 1 aliphatic heterocycles. The maximum atomic E-state index is 12.3. The average molecular weight is 578 g/mol.